The van der Waals surface area contributed by atoms with E-state index in [-0.39, 0.29) is 0 Å². The highest BCUT2D eigenvalue weighted by molar-refractivity contribution is 5.80. The molecule has 2 rings (SSSR count). The summed E-state index contributed by atoms with van der Waals surface area (Å²) in [6.45, 7) is 3.77. The monoisotopic (exact) mass is 190 g/mol. The van der Waals surface area contributed by atoms with Crippen molar-refractivity contribution in [3.63, 3.8) is 0 Å². The SMILES string of the molecule is Cc1ccc(C)c2[nH]c(=O)c(=O)[nH]c12. The number of fused-ring (bicyclic) bond motifs is 1. The van der Waals surface area contributed by atoms with Crippen molar-refractivity contribution < 1.29 is 0 Å². The Morgan fingerprint density at radius 2 is 1.21 bits per heavy atom. The van der Waals surface area contributed by atoms with Crippen LogP contribution in [0.3, 0.4) is 0 Å². The summed E-state index contributed by atoms with van der Waals surface area (Å²) in [5, 5.41) is 0. The van der Waals surface area contributed by atoms with Crippen molar-refractivity contribution in [1.82, 2.24) is 9.97 Å². The molecule has 0 aliphatic carbocycles. The molecule has 1 aromatic carbocycles. The molecule has 0 fully saturated rings. The van der Waals surface area contributed by atoms with Crippen molar-refractivity contribution in [3.05, 3.63) is 44.0 Å². The fourth-order valence-corrected chi connectivity index (χ4v) is 1.47. The van der Waals surface area contributed by atoms with Crippen LogP contribution < -0.4 is 11.1 Å². The van der Waals surface area contributed by atoms with E-state index in [2.05, 4.69) is 9.97 Å². The zero-order valence-corrected chi connectivity index (χ0v) is 7.97. The number of nitrogens with one attached hydrogen (secondary N) is 2. The molecule has 1 aromatic heterocycles. The van der Waals surface area contributed by atoms with Crippen molar-refractivity contribution in [2.24, 2.45) is 0 Å². The zero-order chi connectivity index (χ0) is 10.3. The minimum absolute atomic E-state index is 0.605. The summed E-state index contributed by atoms with van der Waals surface area (Å²) < 4.78 is 0. The second-order valence-electron chi connectivity index (χ2n) is 3.36. The highest BCUT2D eigenvalue weighted by Gasteiger charge is 2.03. The fourth-order valence-electron chi connectivity index (χ4n) is 1.47. The number of hydrogen-bond acceptors (Lipinski definition) is 2. The number of aryl methyl sites for hydroxylation is 2. The van der Waals surface area contributed by atoms with Gasteiger partial charge in [-0.25, -0.2) is 0 Å². The van der Waals surface area contributed by atoms with Gasteiger partial charge < -0.3 is 9.97 Å². The summed E-state index contributed by atoms with van der Waals surface area (Å²) in [7, 11) is 0. The highest BCUT2D eigenvalue weighted by Crippen LogP contribution is 2.14. The molecule has 0 amide bonds. The molecule has 2 aromatic rings. The zero-order valence-electron chi connectivity index (χ0n) is 7.97. The lowest BCUT2D eigenvalue weighted by molar-refractivity contribution is 1.13. The number of benzene rings is 1. The number of aromatic nitrogens is 2. The van der Waals surface area contributed by atoms with Crippen LogP contribution in [-0.2, 0) is 0 Å². The van der Waals surface area contributed by atoms with Crippen LogP contribution in [0.4, 0.5) is 0 Å². The van der Waals surface area contributed by atoms with E-state index in [1.165, 1.54) is 0 Å². The lowest BCUT2D eigenvalue weighted by Gasteiger charge is -2.03. The Morgan fingerprint density at radius 1 is 0.857 bits per heavy atom. The minimum Gasteiger partial charge on any atom is -0.316 e. The fraction of sp³-hybridized carbons (Fsp3) is 0.200. The predicted molar refractivity (Wildman–Crippen MR) is 54.7 cm³/mol. The number of rotatable bonds is 0. The van der Waals surface area contributed by atoms with Crippen LogP contribution in [-0.4, -0.2) is 9.97 Å². The summed E-state index contributed by atoms with van der Waals surface area (Å²) in [5.74, 6) is 0. The van der Waals surface area contributed by atoms with Gasteiger partial charge in [-0.3, -0.25) is 9.59 Å². The Balaban J connectivity index is 3.09. The van der Waals surface area contributed by atoms with E-state index in [9.17, 15) is 9.59 Å². The van der Waals surface area contributed by atoms with Gasteiger partial charge in [0.1, 0.15) is 0 Å². The van der Waals surface area contributed by atoms with E-state index < -0.39 is 11.1 Å². The summed E-state index contributed by atoms with van der Waals surface area (Å²) in [6, 6.07) is 3.82. The van der Waals surface area contributed by atoms with Gasteiger partial charge in [-0.15, -0.1) is 0 Å². The molecule has 14 heavy (non-hydrogen) atoms. The van der Waals surface area contributed by atoms with Crippen LogP contribution in [0.1, 0.15) is 11.1 Å². The molecule has 0 radical (unpaired) electrons. The van der Waals surface area contributed by atoms with Crippen molar-refractivity contribution in [3.8, 4) is 0 Å². The first-order chi connectivity index (χ1) is 6.59. The minimum atomic E-state index is -0.605. The second kappa shape index (κ2) is 2.83. The first-order valence-corrected chi connectivity index (χ1v) is 4.32. The van der Waals surface area contributed by atoms with Crippen molar-refractivity contribution >= 4 is 11.0 Å². The van der Waals surface area contributed by atoms with Crippen LogP contribution >= 0.6 is 0 Å². The van der Waals surface area contributed by atoms with Crippen LogP contribution in [0.15, 0.2) is 21.7 Å². The van der Waals surface area contributed by atoms with Crippen LogP contribution in [0.2, 0.25) is 0 Å². The molecule has 0 saturated carbocycles. The number of hydrogen-bond donors (Lipinski definition) is 2. The molecule has 0 spiro atoms. The third-order valence-electron chi connectivity index (χ3n) is 2.31. The third kappa shape index (κ3) is 1.16. The Bertz CT molecular complexity index is 553. The Labute approximate surface area is 79.6 Å². The molecule has 0 aliphatic rings. The van der Waals surface area contributed by atoms with E-state index in [0.717, 1.165) is 11.1 Å². The lowest BCUT2D eigenvalue weighted by Crippen LogP contribution is -2.29. The van der Waals surface area contributed by atoms with Gasteiger partial charge in [0.2, 0.25) is 0 Å². The average Bonchev–Trinajstić information content (AvgIpc) is 2.15. The van der Waals surface area contributed by atoms with Gasteiger partial charge in [-0.05, 0) is 25.0 Å². The largest absolute Gasteiger partial charge is 0.316 e. The molecule has 0 saturated heterocycles. The summed E-state index contributed by atoms with van der Waals surface area (Å²) >= 11 is 0. The van der Waals surface area contributed by atoms with Gasteiger partial charge in [0.05, 0.1) is 11.0 Å². The topological polar surface area (TPSA) is 65.7 Å². The standard InChI is InChI=1S/C10H10N2O2/c1-5-3-4-6(2)8-7(5)11-9(13)10(14)12-8/h3-4H,1-2H3,(H,11,13)(H,12,14). The maximum absolute atomic E-state index is 11.1. The molecule has 1 heterocycles. The molecular formula is C10H10N2O2. The maximum Gasteiger partial charge on any atom is 0.314 e. The quantitative estimate of drug-likeness (QED) is 0.604. The molecule has 0 aliphatic heterocycles. The molecule has 0 bridgehead atoms. The molecule has 72 valence electrons. The van der Waals surface area contributed by atoms with Crippen molar-refractivity contribution in [1.29, 1.82) is 0 Å². The second-order valence-corrected chi connectivity index (χ2v) is 3.36. The smallest absolute Gasteiger partial charge is 0.314 e. The van der Waals surface area contributed by atoms with E-state index in [0.29, 0.717) is 11.0 Å². The Hall–Kier alpha value is -1.84. The van der Waals surface area contributed by atoms with Gasteiger partial charge in [-0.1, -0.05) is 12.1 Å². The van der Waals surface area contributed by atoms with E-state index in [1.54, 1.807) is 0 Å². The van der Waals surface area contributed by atoms with Crippen LogP contribution in [0.5, 0.6) is 0 Å². The van der Waals surface area contributed by atoms with Gasteiger partial charge in [0.25, 0.3) is 0 Å². The predicted octanol–water partition coefficient (Wildman–Crippen LogP) is 0.833. The summed E-state index contributed by atoms with van der Waals surface area (Å²) in [5.41, 5.74) is 2.08. The van der Waals surface area contributed by atoms with E-state index >= 15 is 0 Å². The molecule has 2 N–H and O–H groups in total. The summed E-state index contributed by atoms with van der Waals surface area (Å²) in [6.07, 6.45) is 0. The maximum atomic E-state index is 11.1. The third-order valence-corrected chi connectivity index (χ3v) is 2.31. The molecule has 0 unspecified atom stereocenters. The Morgan fingerprint density at radius 3 is 1.57 bits per heavy atom. The average molecular weight is 190 g/mol. The molecular weight excluding hydrogens is 180 g/mol. The molecule has 4 heteroatoms. The van der Waals surface area contributed by atoms with E-state index in [1.807, 2.05) is 26.0 Å². The van der Waals surface area contributed by atoms with Gasteiger partial charge in [0.15, 0.2) is 0 Å². The summed E-state index contributed by atoms with van der Waals surface area (Å²) in [4.78, 5) is 27.3. The lowest BCUT2D eigenvalue weighted by atomic mass is 10.1. The van der Waals surface area contributed by atoms with Gasteiger partial charge in [0, 0.05) is 0 Å². The number of aromatic amines is 2. The van der Waals surface area contributed by atoms with Crippen molar-refractivity contribution in [2.75, 3.05) is 0 Å². The van der Waals surface area contributed by atoms with Crippen LogP contribution in [0.25, 0.3) is 11.0 Å². The first kappa shape index (κ1) is 8.74. The Kier molecular flexibility index (Phi) is 1.77. The molecule has 4 nitrogen and oxygen atoms in total. The van der Waals surface area contributed by atoms with E-state index in [4.69, 9.17) is 0 Å². The highest BCUT2D eigenvalue weighted by atomic mass is 16.2. The van der Waals surface area contributed by atoms with Crippen LogP contribution in [0, 0.1) is 13.8 Å². The molecule has 0 atom stereocenters. The van der Waals surface area contributed by atoms with Gasteiger partial charge >= 0.3 is 11.1 Å². The van der Waals surface area contributed by atoms with Crippen molar-refractivity contribution in [2.45, 2.75) is 13.8 Å². The van der Waals surface area contributed by atoms with Gasteiger partial charge in [-0.2, -0.15) is 0 Å². The number of H-pyrrole nitrogens is 2. The normalized spacial score (nSPS) is 10.7. The first-order valence-electron chi connectivity index (χ1n) is 4.32.